The van der Waals surface area contributed by atoms with Crippen molar-refractivity contribution in [1.29, 1.82) is 0 Å². The number of unbranched alkanes of at least 4 members (excludes halogenated alkanes) is 3. The Morgan fingerprint density at radius 1 is 0.778 bits per heavy atom. The van der Waals surface area contributed by atoms with E-state index in [1.54, 1.807) is 0 Å². The summed E-state index contributed by atoms with van der Waals surface area (Å²) in [6, 6.07) is 28.6. The number of hydrogen-bond donors (Lipinski definition) is 2. The Bertz CT molecular complexity index is 1620. The lowest BCUT2D eigenvalue weighted by atomic mass is 9.93. The van der Waals surface area contributed by atoms with Crippen LogP contribution in [0.25, 0.3) is 11.1 Å². The zero-order valence-corrected chi connectivity index (χ0v) is 25.9. The topological polar surface area (TPSA) is 85.9 Å². The summed E-state index contributed by atoms with van der Waals surface area (Å²) in [7, 11) is 0. The number of nitrogens with one attached hydrogen (secondary N) is 2. The van der Waals surface area contributed by atoms with E-state index in [-0.39, 0.29) is 18.4 Å². The van der Waals surface area contributed by atoms with Crippen LogP contribution in [0.1, 0.15) is 80.2 Å². The van der Waals surface area contributed by atoms with Gasteiger partial charge in [0.25, 0.3) is 0 Å². The van der Waals surface area contributed by atoms with Crippen LogP contribution in [0.4, 0.5) is 4.79 Å². The van der Waals surface area contributed by atoms with Gasteiger partial charge in [0, 0.05) is 23.1 Å². The summed E-state index contributed by atoms with van der Waals surface area (Å²) in [6.45, 7) is 4.81. The Morgan fingerprint density at radius 3 is 2.16 bits per heavy atom. The molecule has 1 aliphatic carbocycles. The number of hydrogen-bond acceptors (Lipinski definition) is 5. The van der Waals surface area contributed by atoms with Gasteiger partial charge < -0.3 is 24.8 Å². The fraction of sp³-hybridized carbons (Fsp3) is 0.316. The molecule has 7 nitrogen and oxygen atoms in total. The Morgan fingerprint density at radius 2 is 1.44 bits per heavy atom. The van der Waals surface area contributed by atoms with Crippen LogP contribution in [0.15, 0.2) is 91.0 Å². The van der Waals surface area contributed by atoms with Gasteiger partial charge in [-0.1, -0.05) is 99.3 Å². The fourth-order valence-corrected chi connectivity index (χ4v) is 6.42. The van der Waals surface area contributed by atoms with Crippen molar-refractivity contribution in [2.24, 2.45) is 0 Å². The second-order valence-corrected chi connectivity index (χ2v) is 11.6. The minimum Gasteiger partial charge on any atom is -0.494 e. The molecule has 0 aromatic heterocycles. The van der Waals surface area contributed by atoms with Crippen molar-refractivity contribution in [3.05, 3.63) is 113 Å². The summed E-state index contributed by atoms with van der Waals surface area (Å²) < 4.78 is 17.7. The van der Waals surface area contributed by atoms with E-state index in [0.717, 1.165) is 47.9 Å². The molecule has 4 aromatic carbocycles. The van der Waals surface area contributed by atoms with Crippen molar-refractivity contribution >= 4 is 12.0 Å². The Labute approximate surface area is 264 Å². The summed E-state index contributed by atoms with van der Waals surface area (Å²) in [6.07, 6.45) is 3.86. The average Bonchev–Trinajstić information content (AvgIpc) is 3.38. The van der Waals surface area contributed by atoms with Gasteiger partial charge in [-0.3, -0.25) is 4.79 Å². The van der Waals surface area contributed by atoms with Crippen LogP contribution in [-0.2, 0) is 9.53 Å². The van der Waals surface area contributed by atoms with E-state index in [1.165, 1.54) is 11.1 Å². The number of amides is 2. The maximum absolute atomic E-state index is 13.9. The summed E-state index contributed by atoms with van der Waals surface area (Å²) in [5.74, 6) is 1.69. The van der Waals surface area contributed by atoms with E-state index in [0.29, 0.717) is 30.3 Å². The SMILES string of the molecule is CCCCCC[C@H](NC(=O)OCC1c2ccccc2-c2ccccc21)C(=O)NC1c2ccccc2Oc2cc(OCC)ccc21. The van der Waals surface area contributed by atoms with Crippen molar-refractivity contribution < 1.29 is 23.8 Å². The van der Waals surface area contributed by atoms with Gasteiger partial charge in [0.15, 0.2) is 0 Å². The third-order valence-corrected chi connectivity index (χ3v) is 8.64. The highest BCUT2D eigenvalue weighted by atomic mass is 16.5. The summed E-state index contributed by atoms with van der Waals surface area (Å²) in [4.78, 5) is 27.2. The van der Waals surface area contributed by atoms with E-state index in [1.807, 2.05) is 73.7 Å². The standard InChI is InChI=1S/C38H40N2O5/c1-3-5-6-7-19-33(39-38(42)44-24-32-28-16-10-8-14-26(28)27-15-9-11-17-29(27)32)37(41)40-36-30-18-12-13-20-34(30)45-35-23-25(43-4-2)21-22-31(35)36/h8-18,20-23,32-33,36H,3-7,19,24H2,1-2H3,(H,39,42)(H,40,41)/t33-,36?/m0/s1. The molecular formula is C38H40N2O5. The Kier molecular flexibility index (Phi) is 9.34. The zero-order valence-electron chi connectivity index (χ0n) is 25.9. The predicted molar refractivity (Wildman–Crippen MR) is 175 cm³/mol. The predicted octanol–water partition coefficient (Wildman–Crippen LogP) is 8.27. The fourth-order valence-electron chi connectivity index (χ4n) is 6.42. The molecule has 0 radical (unpaired) electrons. The van der Waals surface area contributed by atoms with Crippen molar-refractivity contribution in [2.45, 2.75) is 64.0 Å². The normalized spacial score (nSPS) is 15.0. The van der Waals surface area contributed by atoms with Crippen molar-refractivity contribution in [2.75, 3.05) is 13.2 Å². The highest BCUT2D eigenvalue weighted by Crippen LogP contribution is 2.45. The maximum atomic E-state index is 13.9. The molecule has 6 rings (SSSR count). The summed E-state index contributed by atoms with van der Waals surface area (Å²) >= 11 is 0. The first-order chi connectivity index (χ1) is 22.1. The van der Waals surface area contributed by atoms with E-state index >= 15 is 0 Å². The maximum Gasteiger partial charge on any atom is 0.407 e. The smallest absolute Gasteiger partial charge is 0.407 e. The molecule has 1 heterocycles. The molecule has 0 fully saturated rings. The summed E-state index contributed by atoms with van der Waals surface area (Å²) in [5.41, 5.74) is 6.31. The van der Waals surface area contributed by atoms with E-state index in [9.17, 15) is 9.59 Å². The Balaban J connectivity index is 1.18. The number of para-hydroxylation sites is 1. The quantitative estimate of drug-likeness (QED) is 0.159. The lowest BCUT2D eigenvalue weighted by Gasteiger charge is -2.30. The van der Waals surface area contributed by atoms with Crippen molar-refractivity contribution in [3.8, 4) is 28.4 Å². The second kappa shape index (κ2) is 13.9. The molecule has 1 unspecified atom stereocenters. The van der Waals surface area contributed by atoms with Crippen LogP contribution >= 0.6 is 0 Å². The number of carbonyl (C=O) groups is 2. The van der Waals surface area contributed by atoms with Crippen LogP contribution in [0.5, 0.6) is 17.2 Å². The number of alkyl carbamates (subject to hydrolysis) is 1. The zero-order chi connectivity index (χ0) is 31.2. The minimum absolute atomic E-state index is 0.0585. The molecule has 2 amide bonds. The molecule has 4 aromatic rings. The molecule has 232 valence electrons. The minimum atomic E-state index is -0.751. The van der Waals surface area contributed by atoms with Crippen molar-refractivity contribution in [3.63, 3.8) is 0 Å². The van der Waals surface area contributed by atoms with Crippen LogP contribution in [0, 0.1) is 0 Å². The molecule has 45 heavy (non-hydrogen) atoms. The third kappa shape index (κ3) is 6.53. The molecule has 0 saturated carbocycles. The largest absolute Gasteiger partial charge is 0.494 e. The molecular weight excluding hydrogens is 564 g/mol. The molecule has 7 heteroatoms. The highest BCUT2D eigenvalue weighted by Gasteiger charge is 2.33. The summed E-state index contributed by atoms with van der Waals surface area (Å²) in [5, 5.41) is 6.13. The van der Waals surface area contributed by atoms with Gasteiger partial charge in [0.1, 0.15) is 29.9 Å². The first-order valence-corrected chi connectivity index (χ1v) is 16.0. The molecule has 2 atom stereocenters. The van der Waals surface area contributed by atoms with Gasteiger partial charge in [-0.2, -0.15) is 0 Å². The van der Waals surface area contributed by atoms with Crippen LogP contribution in [0.2, 0.25) is 0 Å². The average molecular weight is 605 g/mol. The monoisotopic (exact) mass is 604 g/mol. The first kappa shape index (κ1) is 30.3. The van der Waals surface area contributed by atoms with E-state index in [2.05, 4.69) is 41.8 Å². The first-order valence-electron chi connectivity index (χ1n) is 16.0. The molecule has 1 aliphatic heterocycles. The van der Waals surface area contributed by atoms with Crippen LogP contribution in [0.3, 0.4) is 0 Å². The molecule has 0 bridgehead atoms. The van der Waals surface area contributed by atoms with Gasteiger partial charge in [0.2, 0.25) is 5.91 Å². The second-order valence-electron chi connectivity index (χ2n) is 11.6. The number of fused-ring (bicyclic) bond motifs is 5. The van der Waals surface area contributed by atoms with Gasteiger partial charge >= 0.3 is 6.09 Å². The van der Waals surface area contributed by atoms with Crippen molar-refractivity contribution in [1.82, 2.24) is 10.6 Å². The van der Waals surface area contributed by atoms with Gasteiger partial charge in [-0.05, 0) is 53.8 Å². The van der Waals surface area contributed by atoms with Gasteiger partial charge in [-0.15, -0.1) is 0 Å². The van der Waals surface area contributed by atoms with E-state index < -0.39 is 18.2 Å². The molecule has 2 N–H and O–H groups in total. The number of ether oxygens (including phenoxy) is 3. The Hall–Kier alpha value is -4.78. The number of carbonyl (C=O) groups excluding carboxylic acids is 2. The lowest BCUT2D eigenvalue weighted by Crippen LogP contribution is -2.48. The molecule has 0 spiro atoms. The van der Waals surface area contributed by atoms with Gasteiger partial charge in [-0.25, -0.2) is 4.79 Å². The molecule has 0 saturated heterocycles. The number of benzene rings is 4. The highest BCUT2D eigenvalue weighted by molar-refractivity contribution is 5.86. The third-order valence-electron chi connectivity index (χ3n) is 8.64. The van der Waals surface area contributed by atoms with Crippen LogP contribution < -0.4 is 20.1 Å². The van der Waals surface area contributed by atoms with Gasteiger partial charge in [0.05, 0.1) is 12.6 Å². The lowest BCUT2D eigenvalue weighted by molar-refractivity contribution is -0.123. The van der Waals surface area contributed by atoms with E-state index in [4.69, 9.17) is 14.2 Å². The molecule has 2 aliphatic rings. The number of rotatable bonds is 12. The van der Waals surface area contributed by atoms with Crippen LogP contribution in [-0.4, -0.2) is 31.3 Å².